The number of carbonyl (C=O) groups is 1. The van der Waals surface area contributed by atoms with E-state index in [0.29, 0.717) is 32.8 Å². The molecule has 0 spiro atoms. The summed E-state index contributed by atoms with van der Waals surface area (Å²) >= 11 is 4.21. The van der Waals surface area contributed by atoms with Gasteiger partial charge in [-0.1, -0.05) is 31.9 Å². The van der Waals surface area contributed by atoms with Crippen molar-refractivity contribution in [1.82, 2.24) is 4.72 Å². The quantitative estimate of drug-likeness (QED) is 0.390. The van der Waals surface area contributed by atoms with Crippen molar-refractivity contribution in [3.8, 4) is 5.75 Å². The Morgan fingerprint density at radius 1 is 1.08 bits per heavy atom. The van der Waals surface area contributed by atoms with Crippen LogP contribution in [-0.2, 0) is 19.8 Å². The lowest BCUT2D eigenvalue weighted by Crippen LogP contribution is -2.19. The van der Waals surface area contributed by atoms with Crippen LogP contribution in [0.4, 0.5) is 0 Å². The Bertz CT molecular complexity index is 517. The summed E-state index contributed by atoms with van der Waals surface area (Å²) in [5.74, 6) is 1.02. The van der Waals surface area contributed by atoms with Crippen LogP contribution in [0, 0.1) is 0 Å². The summed E-state index contributed by atoms with van der Waals surface area (Å²) in [6, 6.07) is 8.23. The topological polar surface area (TPSA) is 56.8 Å². The van der Waals surface area contributed by atoms with Gasteiger partial charge in [0.15, 0.2) is 5.78 Å². The Hall–Kier alpha value is -1.08. The number of hydrogen-bond acceptors (Lipinski definition) is 6. The zero-order valence-electron chi connectivity index (χ0n) is 15.0. The van der Waals surface area contributed by atoms with E-state index < -0.39 is 0 Å². The average molecular weight is 368 g/mol. The molecule has 5 nitrogen and oxygen atoms in total. The third-order valence-corrected chi connectivity index (χ3v) is 4.74. The lowest BCUT2D eigenvalue weighted by atomic mass is 10.1. The molecule has 1 N–H and O–H groups in total. The van der Waals surface area contributed by atoms with Gasteiger partial charge in [-0.25, -0.2) is 0 Å². The number of ketones is 1. The predicted molar refractivity (Wildman–Crippen MR) is 101 cm³/mol. The molecule has 1 aliphatic carbocycles. The molecule has 2 rings (SSSR count). The monoisotopic (exact) mass is 367 g/mol. The second kappa shape index (κ2) is 10.8. The molecular weight excluding hydrogens is 338 g/mol. The highest BCUT2D eigenvalue weighted by molar-refractivity contribution is 7.78. The first-order valence-corrected chi connectivity index (χ1v) is 9.47. The van der Waals surface area contributed by atoms with Crippen LogP contribution in [0.1, 0.15) is 44.6 Å². The van der Waals surface area contributed by atoms with Crippen molar-refractivity contribution in [1.29, 1.82) is 0 Å². The molecule has 0 heterocycles. The second-order valence-electron chi connectivity index (χ2n) is 6.33. The van der Waals surface area contributed by atoms with Crippen LogP contribution < -0.4 is 9.46 Å². The molecule has 0 atom stereocenters. The van der Waals surface area contributed by atoms with Gasteiger partial charge in [0.1, 0.15) is 12.4 Å². The number of Topliss-reactive ketones (excluding diaryl/α,β-unsaturated/α-hetero) is 1. The number of carbonyl (C=O) groups excluding carboxylic acids is 1. The molecule has 25 heavy (non-hydrogen) atoms. The van der Waals surface area contributed by atoms with Crippen LogP contribution in [0.25, 0.3) is 0 Å². The van der Waals surface area contributed by atoms with E-state index >= 15 is 0 Å². The van der Waals surface area contributed by atoms with E-state index in [1.807, 2.05) is 19.1 Å². The van der Waals surface area contributed by atoms with E-state index in [-0.39, 0.29) is 17.9 Å². The molecule has 0 aliphatic heterocycles. The van der Waals surface area contributed by atoms with Gasteiger partial charge in [-0.15, -0.1) is 0 Å². The fraction of sp³-hybridized carbons (Fsp3) is 0.632. The molecule has 0 bridgehead atoms. The highest BCUT2D eigenvalue weighted by Crippen LogP contribution is 2.46. The summed E-state index contributed by atoms with van der Waals surface area (Å²) in [4.78, 5) is 11.0. The Balaban J connectivity index is 1.46. The summed E-state index contributed by atoms with van der Waals surface area (Å²) < 4.78 is 19.6. The number of benzene rings is 1. The third kappa shape index (κ3) is 6.98. The molecule has 1 aromatic rings. The molecule has 6 heteroatoms. The van der Waals surface area contributed by atoms with Crippen LogP contribution in [0.15, 0.2) is 24.3 Å². The first kappa shape index (κ1) is 20.2. The number of nitrogens with one attached hydrogen (secondary N) is 1. The molecule has 1 saturated carbocycles. The first-order valence-electron chi connectivity index (χ1n) is 9.02. The van der Waals surface area contributed by atoms with Gasteiger partial charge in [-0.2, -0.15) is 0 Å². The molecule has 0 radical (unpaired) electrons. The number of thiol groups is 1. The van der Waals surface area contributed by atoms with Crippen LogP contribution in [0.3, 0.4) is 0 Å². The number of rotatable bonds is 14. The Labute approximate surface area is 156 Å². The molecule has 0 aromatic heterocycles. The van der Waals surface area contributed by atoms with Crippen molar-refractivity contribution in [2.75, 3.05) is 33.0 Å². The Kier molecular flexibility index (Phi) is 8.75. The molecule has 1 aromatic carbocycles. The predicted octanol–water partition coefficient (Wildman–Crippen LogP) is 3.28. The van der Waals surface area contributed by atoms with Crippen molar-refractivity contribution in [2.24, 2.45) is 0 Å². The van der Waals surface area contributed by atoms with Gasteiger partial charge in [-0.3, -0.25) is 9.52 Å². The largest absolute Gasteiger partial charge is 0.494 e. The number of ether oxygens (including phenoxy) is 3. The van der Waals surface area contributed by atoms with Crippen molar-refractivity contribution in [3.63, 3.8) is 0 Å². The first-order chi connectivity index (χ1) is 12.2. The summed E-state index contributed by atoms with van der Waals surface area (Å²) in [5.41, 5.74) is 1.34. The van der Waals surface area contributed by atoms with Crippen LogP contribution in [0.5, 0.6) is 5.75 Å². The smallest absolute Gasteiger partial charge is 0.158 e. The summed E-state index contributed by atoms with van der Waals surface area (Å²) in [7, 11) is 0. The minimum absolute atomic E-state index is 0.0724. The maximum Gasteiger partial charge on any atom is 0.158 e. The lowest BCUT2D eigenvalue weighted by molar-refractivity contribution is -0.123. The van der Waals surface area contributed by atoms with E-state index in [0.717, 1.165) is 31.4 Å². The number of hydrogen-bond donors (Lipinski definition) is 2. The van der Waals surface area contributed by atoms with Gasteiger partial charge in [0.05, 0.1) is 12.1 Å². The zero-order valence-corrected chi connectivity index (χ0v) is 15.9. The average Bonchev–Trinajstić information content (AvgIpc) is 3.44. The van der Waals surface area contributed by atoms with E-state index in [1.54, 1.807) is 0 Å². The summed E-state index contributed by atoms with van der Waals surface area (Å²) in [6.45, 7) is 4.57. The highest BCUT2D eigenvalue weighted by atomic mass is 32.1. The van der Waals surface area contributed by atoms with Crippen LogP contribution in [0.2, 0.25) is 0 Å². The van der Waals surface area contributed by atoms with Gasteiger partial charge < -0.3 is 14.2 Å². The van der Waals surface area contributed by atoms with Gasteiger partial charge in [0.2, 0.25) is 0 Å². The van der Waals surface area contributed by atoms with Gasteiger partial charge in [-0.05, 0) is 37.0 Å². The standard InChI is InChI=1S/C19H29NO4S/c1-2-17(21)15-23-13-3-11-22-12-4-14-24-18-7-5-16(6-8-18)19(20-25)9-10-19/h5-8,20,25H,2-4,9-15H2,1H3. The van der Waals surface area contributed by atoms with Gasteiger partial charge in [0.25, 0.3) is 0 Å². The second-order valence-corrected chi connectivity index (χ2v) is 6.55. The molecule has 0 saturated heterocycles. The lowest BCUT2D eigenvalue weighted by Gasteiger charge is -2.14. The van der Waals surface area contributed by atoms with Gasteiger partial charge >= 0.3 is 0 Å². The van der Waals surface area contributed by atoms with E-state index in [1.165, 1.54) is 5.56 Å². The van der Waals surface area contributed by atoms with Crippen molar-refractivity contribution < 1.29 is 19.0 Å². The van der Waals surface area contributed by atoms with Crippen molar-refractivity contribution >= 4 is 18.6 Å². The zero-order chi connectivity index (χ0) is 18.0. The van der Waals surface area contributed by atoms with Crippen molar-refractivity contribution in [3.05, 3.63) is 29.8 Å². The van der Waals surface area contributed by atoms with E-state index in [4.69, 9.17) is 14.2 Å². The maximum absolute atomic E-state index is 11.0. The van der Waals surface area contributed by atoms with E-state index in [2.05, 4.69) is 29.7 Å². The third-order valence-electron chi connectivity index (χ3n) is 4.31. The molecule has 1 aliphatic rings. The van der Waals surface area contributed by atoms with E-state index in [9.17, 15) is 4.79 Å². The van der Waals surface area contributed by atoms with Crippen molar-refractivity contribution in [2.45, 2.75) is 44.6 Å². The fourth-order valence-electron chi connectivity index (χ4n) is 2.46. The van der Waals surface area contributed by atoms with Gasteiger partial charge in [0, 0.05) is 32.7 Å². The molecule has 0 unspecified atom stereocenters. The molecule has 0 amide bonds. The molecule has 140 valence electrons. The highest BCUT2D eigenvalue weighted by Gasteiger charge is 2.43. The molecular formula is C19H29NO4S. The van der Waals surface area contributed by atoms with Crippen LogP contribution >= 0.6 is 12.8 Å². The minimum Gasteiger partial charge on any atom is -0.494 e. The SMILES string of the molecule is CCC(=O)COCCCOCCCOc1ccc(C2(NS)CC2)cc1. The Morgan fingerprint density at radius 2 is 1.72 bits per heavy atom. The summed E-state index contributed by atoms with van der Waals surface area (Å²) in [5, 5.41) is 0. The fourth-order valence-corrected chi connectivity index (χ4v) is 2.82. The Morgan fingerprint density at radius 3 is 2.32 bits per heavy atom. The minimum atomic E-state index is 0.0724. The normalized spacial score (nSPS) is 15.1. The summed E-state index contributed by atoms with van der Waals surface area (Å²) in [6.07, 6.45) is 4.45. The van der Waals surface area contributed by atoms with Crippen LogP contribution in [-0.4, -0.2) is 38.8 Å². The maximum atomic E-state index is 11.0. The molecule has 1 fully saturated rings.